The van der Waals surface area contributed by atoms with Gasteiger partial charge in [0.25, 0.3) is 5.91 Å². The number of imide groups is 1. The van der Waals surface area contributed by atoms with Gasteiger partial charge >= 0.3 is 10.1 Å². The molecule has 0 radical (unpaired) electrons. The minimum absolute atomic E-state index is 0.00132. The molecule has 196 valence electrons. The zero-order chi connectivity index (χ0) is 27.0. The molecule has 6 rings (SSSR count). The third-order valence-corrected chi connectivity index (χ3v) is 8.12. The average Bonchev–Trinajstić information content (AvgIpc) is 3.46. The van der Waals surface area contributed by atoms with Crippen molar-refractivity contribution in [2.75, 3.05) is 5.06 Å². The number of carbonyl (C=O) groups excluding carboxylic acids is 2. The van der Waals surface area contributed by atoms with E-state index in [2.05, 4.69) is 0 Å². The SMILES string of the molecule is O=C1[C@@H]2[C@H](ON(c3ccccc3)[C@H]2c2ccccc2OS(=O)(=O)c2ccccc2)C(=O)N1Cc1ccccc1. The fourth-order valence-corrected chi connectivity index (χ4v) is 6.04. The Kier molecular flexibility index (Phi) is 6.38. The van der Waals surface area contributed by atoms with Crippen LogP contribution in [0, 0.1) is 5.92 Å². The van der Waals surface area contributed by atoms with Crippen molar-refractivity contribution in [3.8, 4) is 5.75 Å². The smallest absolute Gasteiger partial charge is 0.339 e. The van der Waals surface area contributed by atoms with Crippen LogP contribution >= 0.6 is 0 Å². The standard InChI is InChI=1S/C30H24N2O6S/c33-29-26-27(24-18-10-11-19-25(24)38-39(35,36)23-16-8-3-9-17-23)32(22-14-6-2-7-15-22)37-28(26)30(34)31(29)20-21-12-4-1-5-13-21/h1-19,26-28H,20H2/t26-,27-,28-/m0/s1. The number of likely N-dealkylation sites (tertiary alicyclic amines) is 1. The van der Waals surface area contributed by atoms with Gasteiger partial charge in [-0.1, -0.05) is 84.9 Å². The predicted octanol–water partition coefficient (Wildman–Crippen LogP) is 4.50. The Morgan fingerprint density at radius 1 is 0.718 bits per heavy atom. The van der Waals surface area contributed by atoms with Crippen LogP contribution in [0.5, 0.6) is 5.75 Å². The molecule has 2 heterocycles. The molecule has 4 aromatic carbocycles. The maximum absolute atomic E-state index is 13.8. The van der Waals surface area contributed by atoms with Crippen molar-refractivity contribution in [3.63, 3.8) is 0 Å². The van der Waals surface area contributed by atoms with Crippen molar-refractivity contribution < 1.29 is 27.0 Å². The van der Waals surface area contributed by atoms with Gasteiger partial charge in [-0.05, 0) is 35.9 Å². The molecule has 0 bridgehead atoms. The zero-order valence-corrected chi connectivity index (χ0v) is 21.5. The molecule has 8 nitrogen and oxygen atoms in total. The van der Waals surface area contributed by atoms with Gasteiger partial charge in [-0.2, -0.15) is 8.42 Å². The molecule has 0 aromatic heterocycles. The number of fused-ring (bicyclic) bond motifs is 1. The summed E-state index contributed by atoms with van der Waals surface area (Å²) < 4.78 is 31.9. The van der Waals surface area contributed by atoms with Crippen molar-refractivity contribution in [1.82, 2.24) is 4.90 Å². The molecule has 0 unspecified atom stereocenters. The first-order chi connectivity index (χ1) is 18.9. The summed E-state index contributed by atoms with van der Waals surface area (Å²) >= 11 is 0. The number of anilines is 1. The normalized spacial score (nSPS) is 20.8. The van der Waals surface area contributed by atoms with E-state index in [4.69, 9.17) is 9.02 Å². The maximum Gasteiger partial charge on any atom is 0.339 e. The molecular weight excluding hydrogens is 516 g/mol. The molecule has 2 aliphatic rings. The maximum atomic E-state index is 13.8. The highest BCUT2D eigenvalue weighted by atomic mass is 32.2. The Balaban J connectivity index is 1.41. The second-order valence-corrected chi connectivity index (χ2v) is 10.8. The lowest BCUT2D eigenvalue weighted by molar-refractivity contribution is -0.143. The van der Waals surface area contributed by atoms with Crippen LogP contribution < -0.4 is 9.25 Å². The molecule has 9 heteroatoms. The summed E-state index contributed by atoms with van der Waals surface area (Å²) in [5.74, 6) is -1.69. The Bertz CT molecular complexity index is 1610. The Hall–Kier alpha value is -4.47. The molecule has 39 heavy (non-hydrogen) atoms. The van der Waals surface area contributed by atoms with Crippen LogP contribution in [0.25, 0.3) is 0 Å². The molecule has 0 spiro atoms. The van der Waals surface area contributed by atoms with Crippen LogP contribution in [-0.4, -0.2) is 31.2 Å². The first kappa shape index (κ1) is 24.8. The molecule has 0 saturated carbocycles. The molecule has 0 aliphatic carbocycles. The van der Waals surface area contributed by atoms with E-state index in [0.29, 0.717) is 11.3 Å². The van der Waals surface area contributed by atoms with Gasteiger partial charge in [0.05, 0.1) is 18.3 Å². The quantitative estimate of drug-likeness (QED) is 0.252. The van der Waals surface area contributed by atoms with Gasteiger partial charge in [0.15, 0.2) is 6.10 Å². The van der Waals surface area contributed by atoms with Gasteiger partial charge in [0.2, 0.25) is 5.91 Å². The lowest BCUT2D eigenvalue weighted by atomic mass is 9.90. The average molecular weight is 541 g/mol. The largest absolute Gasteiger partial charge is 0.379 e. The number of amides is 2. The van der Waals surface area contributed by atoms with E-state index in [1.165, 1.54) is 28.2 Å². The third kappa shape index (κ3) is 4.56. The molecule has 2 saturated heterocycles. The monoisotopic (exact) mass is 540 g/mol. The van der Waals surface area contributed by atoms with E-state index in [1.54, 1.807) is 48.5 Å². The van der Waals surface area contributed by atoms with Crippen LogP contribution in [0.15, 0.2) is 120 Å². The van der Waals surface area contributed by atoms with E-state index in [-0.39, 0.29) is 17.2 Å². The van der Waals surface area contributed by atoms with Crippen molar-refractivity contribution >= 4 is 27.6 Å². The molecule has 2 fully saturated rings. The lowest BCUT2D eigenvalue weighted by Crippen LogP contribution is -2.37. The van der Waals surface area contributed by atoms with Crippen LogP contribution in [0.3, 0.4) is 0 Å². The summed E-state index contributed by atoms with van der Waals surface area (Å²) in [4.78, 5) is 34.7. The molecule has 4 aromatic rings. The number of benzene rings is 4. The first-order valence-electron chi connectivity index (χ1n) is 12.4. The Morgan fingerprint density at radius 3 is 2.00 bits per heavy atom. The summed E-state index contributed by atoms with van der Waals surface area (Å²) in [6.45, 7) is 0.119. The van der Waals surface area contributed by atoms with Crippen LogP contribution in [0.2, 0.25) is 0 Å². The van der Waals surface area contributed by atoms with Gasteiger partial charge in [-0.15, -0.1) is 0 Å². The topological polar surface area (TPSA) is 93.2 Å². The molecule has 2 aliphatic heterocycles. The van der Waals surface area contributed by atoms with Crippen molar-refractivity contribution in [2.24, 2.45) is 5.92 Å². The Labute approximate surface area is 226 Å². The summed E-state index contributed by atoms with van der Waals surface area (Å²) in [6.07, 6.45) is -1.06. The van der Waals surface area contributed by atoms with Gasteiger partial charge < -0.3 is 4.18 Å². The number of hydrogen-bond donors (Lipinski definition) is 0. The highest BCUT2D eigenvalue weighted by molar-refractivity contribution is 7.87. The fraction of sp³-hybridized carbons (Fsp3) is 0.133. The second-order valence-electron chi connectivity index (χ2n) is 9.29. The van der Waals surface area contributed by atoms with Gasteiger partial charge in [0, 0.05) is 5.56 Å². The van der Waals surface area contributed by atoms with E-state index >= 15 is 0 Å². The summed E-state index contributed by atoms with van der Waals surface area (Å²) in [5.41, 5.74) is 1.84. The van der Waals surface area contributed by atoms with E-state index in [0.717, 1.165) is 5.56 Å². The minimum Gasteiger partial charge on any atom is -0.379 e. The second kappa shape index (κ2) is 10.0. The van der Waals surface area contributed by atoms with Gasteiger partial charge in [0.1, 0.15) is 16.6 Å². The first-order valence-corrected chi connectivity index (χ1v) is 13.8. The van der Waals surface area contributed by atoms with Crippen molar-refractivity contribution in [1.29, 1.82) is 0 Å². The van der Waals surface area contributed by atoms with Crippen LogP contribution in [0.4, 0.5) is 5.69 Å². The summed E-state index contributed by atoms with van der Waals surface area (Å²) in [7, 11) is -4.17. The number of hydrogen-bond acceptors (Lipinski definition) is 7. The summed E-state index contributed by atoms with van der Waals surface area (Å²) in [6, 6.07) is 32.0. The number of carbonyl (C=O) groups is 2. The van der Waals surface area contributed by atoms with Crippen LogP contribution in [-0.2, 0) is 31.1 Å². The van der Waals surface area contributed by atoms with Gasteiger partial charge in [-0.3, -0.25) is 19.3 Å². The number of para-hydroxylation sites is 2. The highest BCUT2D eigenvalue weighted by Gasteiger charge is 2.60. The predicted molar refractivity (Wildman–Crippen MR) is 143 cm³/mol. The third-order valence-electron chi connectivity index (χ3n) is 6.87. The van der Waals surface area contributed by atoms with Crippen molar-refractivity contribution in [2.45, 2.75) is 23.6 Å². The van der Waals surface area contributed by atoms with Crippen molar-refractivity contribution in [3.05, 3.63) is 126 Å². The highest BCUT2D eigenvalue weighted by Crippen LogP contribution is 2.49. The van der Waals surface area contributed by atoms with Crippen LogP contribution in [0.1, 0.15) is 17.2 Å². The van der Waals surface area contributed by atoms with E-state index in [9.17, 15) is 18.0 Å². The number of nitrogens with zero attached hydrogens (tertiary/aromatic N) is 2. The van der Waals surface area contributed by atoms with E-state index in [1.807, 2.05) is 48.5 Å². The molecule has 0 N–H and O–H groups in total. The van der Waals surface area contributed by atoms with E-state index < -0.39 is 40.0 Å². The molecule has 3 atom stereocenters. The molecule has 2 amide bonds. The minimum atomic E-state index is -4.17. The Morgan fingerprint density at radius 2 is 1.31 bits per heavy atom. The fourth-order valence-electron chi connectivity index (χ4n) is 5.06. The lowest BCUT2D eigenvalue weighted by Gasteiger charge is -2.29. The molecular formula is C30H24N2O6S. The summed E-state index contributed by atoms with van der Waals surface area (Å²) in [5, 5.41) is 1.52. The van der Waals surface area contributed by atoms with Gasteiger partial charge in [-0.25, -0.2) is 5.06 Å². The number of hydroxylamine groups is 1. The number of rotatable bonds is 7. The zero-order valence-electron chi connectivity index (χ0n) is 20.7.